The average molecular weight is 154 g/mol. The number of rotatable bonds is 3. The van der Waals surface area contributed by atoms with Crippen LogP contribution < -0.4 is 0 Å². The highest BCUT2D eigenvalue weighted by atomic mass is 16.3. The first-order chi connectivity index (χ1) is 5.12. The Morgan fingerprint density at radius 2 is 2.09 bits per heavy atom. The molecule has 2 unspecified atom stereocenters. The topological polar surface area (TPSA) is 20.2 Å². The molecule has 0 heterocycles. The second-order valence-corrected chi connectivity index (χ2v) is 4.84. The lowest BCUT2D eigenvalue weighted by molar-refractivity contribution is 0.118. The number of hydrogen-bond acceptors (Lipinski definition) is 1. The van der Waals surface area contributed by atoms with Crippen molar-refractivity contribution >= 4 is 0 Å². The van der Waals surface area contributed by atoms with Crippen molar-refractivity contribution in [2.45, 2.75) is 45.1 Å². The fraction of sp³-hybridized carbons (Fsp3) is 1.00. The maximum atomic E-state index is 9.75. The Labute approximate surface area is 68.8 Å². The van der Waals surface area contributed by atoms with E-state index in [4.69, 9.17) is 0 Å². The zero-order valence-electron chi connectivity index (χ0n) is 7.51. The minimum absolute atomic E-state index is 0.181. The van der Waals surface area contributed by atoms with Crippen LogP contribution in [0.4, 0.5) is 0 Å². The van der Waals surface area contributed by atoms with E-state index in [1.165, 1.54) is 12.8 Å². The van der Waals surface area contributed by atoms with Crippen molar-refractivity contribution in [3.8, 4) is 0 Å². The Morgan fingerprint density at radius 1 is 1.45 bits per heavy atom. The van der Waals surface area contributed by atoms with Crippen molar-refractivity contribution < 1.29 is 5.11 Å². The van der Waals surface area contributed by atoms with Crippen molar-refractivity contribution in [3.05, 3.63) is 0 Å². The molecular weight excluding hydrogens is 136 g/mol. The summed E-state index contributed by atoms with van der Waals surface area (Å²) in [7, 11) is 0. The van der Waals surface area contributed by atoms with Crippen LogP contribution in [0, 0.1) is 17.8 Å². The lowest BCUT2D eigenvalue weighted by atomic mass is 10.0. The van der Waals surface area contributed by atoms with Gasteiger partial charge in [-0.1, -0.05) is 13.8 Å². The molecule has 2 rings (SSSR count). The van der Waals surface area contributed by atoms with Crippen LogP contribution in [0.3, 0.4) is 0 Å². The largest absolute Gasteiger partial charge is 0.390 e. The minimum Gasteiger partial charge on any atom is -0.390 e. The molecule has 0 saturated heterocycles. The molecule has 0 spiro atoms. The Hall–Kier alpha value is -0.0400. The molecule has 0 aromatic carbocycles. The summed E-state index contributed by atoms with van der Waals surface area (Å²) in [5.74, 6) is 2.36. The Balaban J connectivity index is 1.77. The summed E-state index contributed by atoms with van der Waals surface area (Å²) in [6.07, 6.45) is 4.78. The van der Waals surface area contributed by atoms with Gasteiger partial charge in [0.15, 0.2) is 0 Å². The quantitative estimate of drug-likeness (QED) is 0.660. The molecule has 2 atom stereocenters. The summed E-state index contributed by atoms with van der Waals surface area (Å²) in [6, 6.07) is 0. The van der Waals surface area contributed by atoms with Gasteiger partial charge in [-0.25, -0.2) is 0 Å². The summed E-state index contributed by atoms with van der Waals surface area (Å²) in [5, 5.41) is 9.75. The van der Waals surface area contributed by atoms with Gasteiger partial charge in [-0.15, -0.1) is 0 Å². The highest BCUT2D eigenvalue weighted by Crippen LogP contribution is 2.59. The van der Waals surface area contributed by atoms with E-state index in [1.807, 2.05) is 0 Å². The van der Waals surface area contributed by atoms with Gasteiger partial charge in [-0.05, 0) is 43.4 Å². The van der Waals surface area contributed by atoms with E-state index >= 15 is 0 Å². The number of aliphatic hydroxyl groups is 1. The highest BCUT2D eigenvalue weighted by molar-refractivity contribution is 5.09. The molecule has 1 N–H and O–H groups in total. The van der Waals surface area contributed by atoms with Gasteiger partial charge in [0.1, 0.15) is 0 Å². The molecule has 2 saturated carbocycles. The molecule has 0 radical (unpaired) electrons. The highest BCUT2D eigenvalue weighted by Gasteiger charge is 2.58. The van der Waals surface area contributed by atoms with Crippen molar-refractivity contribution in [1.82, 2.24) is 0 Å². The van der Waals surface area contributed by atoms with E-state index in [1.54, 1.807) is 0 Å². The molecule has 11 heavy (non-hydrogen) atoms. The van der Waals surface area contributed by atoms with Crippen molar-refractivity contribution in [1.29, 1.82) is 0 Å². The molecule has 64 valence electrons. The van der Waals surface area contributed by atoms with Crippen LogP contribution in [0.15, 0.2) is 0 Å². The lowest BCUT2D eigenvalue weighted by Gasteiger charge is -2.07. The van der Waals surface area contributed by atoms with E-state index in [9.17, 15) is 5.11 Å². The Bertz CT molecular complexity index is 158. The second kappa shape index (κ2) is 2.22. The summed E-state index contributed by atoms with van der Waals surface area (Å²) in [4.78, 5) is 0. The van der Waals surface area contributed by atoms with Gasteiger partial charge in [-0.3, -0.25) is 0 Å². The van der Waals surface area contributed by atoms with Crippen molar-refractivity contribution in [3.63, 3.8) is 0 Å². The fourth-order valence-corrected chi connectivity index (χ4v) is 2.27. The lowest BCUT2D eigenvalue weighted by Crippen LogP contribution is -2.11. The van der Waals surface area contributed by atoms with Crippen molar-refractivity contribution in [2.75, 3.05) is 0 Å². The third-order valence-electron chi connectivity index (χ3n) is 3.15. The SMILES string of the molecule is CC(C)CC1CC1C1(O)CC1. The average Bonchev–Trinajstić information content (AvgIpc) is 2.68. The van der Waals surface area contributed by atoms with Crippen LogP contribution in [0.1, 0.15) is 39.5 Å². The third kappa shape index (κ3) is 1.44. The van der Waals surface area contributed by atoms with Crippen LogP contribution in [-0.2, 0) is 0 Å². The first-order valence-electron chi connectivity index (χ1n) is 4.84. The number of hydrogen-bond donors (Lipinski definition) is 1. The summed E-state index contributed by atoms with van der Waals surface area (Å²) in [6.45, 7) is 4.54. The van der Waals surface area contributed by atoms with E-state index in [0.717, 1.165) is 24.7 Å². The predicted octanol–water partition coefficient (Wildman–Crippen LogP) is 2.19. The van der Waals surface area contributed by atoms with Gasteiger partial charge < -0.3 is 5.11 Å². The summed E-state index contributed by atoms with van der Waals surface area (Å²) < 4.78 is 0. The van der Waals surface area contributed by atoms with E-state index in [-0.39, 0.29) is 5.60 Å². The first kappa shape index (κ1) is 7.60. The van der Waals surface area contributed by atoms with E-state index in [0.29, 0.717) is 5.92 Å². The zero-order valence-corrected chi connectivity index (χ0v) is 7.51. The molecule has 0 aromatic heterocycles. The Kier molecular flexibility index (Phi) is 1.54. The molecule has 2 aliphatic carbocycles. The van der Waals surface area contributed by atoms with Gasteiger partial charge in [0.2, 0.25) is 0 Å². The Morgan fingerprint density at radius 3 is 2.55 bits per heavy atom. The standard InChI is InChI=1S/C10H18O/c1-7(2)5-8-6-9(8)10(11)3-4-10/h7-9,11H,3-6H2,1-2H3. The van der Waals surface area contributed by atoms with Gasteiger partial charge in [-0.2, -0.15) is 0 Å². The second-order valence-electron chi connectivity index (χ2n) is 4.84. The maximum Gasteiger partial charge on any atom is 0.0680 e. The molecule has 0 aliphatic heterocycles. The van der Waals surface area contributed by atoms with Crippen LogP contribution in [0.5, 0.6) is 0 Å². The fourth-order valence-electron chi connectivity index (χ4n) is 2.27. The molecular formula is C10H18O. The molecule has 1 nitrogen and oxygen atoms in total. The molecule has 0 amide bonds. The van der Waals surface area contributed by atoms with Gasteiger partial charge in [0.25, 0.3) is 0 Å². The monoisotopic (exact) mass is 154 g/mol. The molecule has 2 fully saturated rings. The predicted molar refractivity (Wildman–Crippen MR) is 45.2 cm³/mol. The smallest absolute Gasteiger partial charge is 0.0680 e. The van der Waals surface area contributed by atoms with Crippen LogP contribution in [0.2, 0.25) is 0 Å². The third-order valence-corrected chi connectivity index (χ3v) is 3.15. The van der Waals surface area contributed by atoms with Crippen molar-refractivity contribution in [2.24, 2.45) is 17.8 Å². The van der Waals surface area contributed by atoms with Crippen LogP contribution in [-0.4, -0.2) is 10.7 Å². The van der Waals surface area contributed by atoms with Gasteiger partial charge in [0, 0.05) is 0 Å². The maximum absolute atomic E-state index is 9.75. The molecule has 0 bridgehead atoms. The minimum atomic E-state index is -0.181. The van der Waals surface area contributed by atoms with Gasteiger partial charge >= 0.3 is 0 Å². The van der Waals surface area contributed by atoms with E-state index in [2.05, 4.69) is 13.8 Å². The van der Waals surface area contributed by atoms with Crippen LogP contribution >= 0.6 is 0 Å². The molecule has 2 aliphatic rings. The van der Waals surface area contributed by atoms with Crippen LogP contribution in [0.25, 0.3) is 0 Å². The molecule has 0 aromatic rings. The zero-order chi connectivity index (χ0) is 8.06. The normalized spacial score (nSPS) is 39.3. The summed E-state index contributed by atoms with van der Waals surface area (Å²) >= 11 is 0. The first-order valence-corrected chi connectivity index (χ1v) is 4.84. The van der Waals surface area contributed by atoms with E-state index < -0.39 is 0 Å². The van der Waals surface area contributed by atoms with Gasteiger partial charge in [0.05, 0.1) is 5.60 Å². The summed E-state index contributed by atoms with van der Waals surface area (Å²) in [5.41, 5.74) is -0.181. The molecule has 1 heteroatoms.